The molecule has 0 bridgehead atoms. The predicted octanol–water partition coefficient (Wildman–Crippen LogP) is 2.94. The first-order valence-corrected chi connectivity index (χ1v) is 8.59. The molecule has 1 fully saturated rings. The summed E-state index contributed by atoms with van der Waals surface area (Å²) < 4.78 is 29.3. The van der Waals surface area contributed by atoms with Crippen molar-refractivity contribution in [2.24, 2.45) is 5.92 Å². The van der Waals surface area contributed by atoms with Crippen LogP contribution in [0.1, 0.15) is 38.2 Å². The molecule has 1 unspecified atom stereocenters. The third-order valence-corrected chi connectivity index (χ3v) is 4.25. The highest BCUT2D eigenvalue weighted by Crippen LogP contribution is 2.21. The van der Waals surface area contributed by atoms with E-state index >= 15 is 0 Å². The van der Waals surface area contributed by atoms with E-state index in [4.69, 9.17) is 0 Å². The highest BCUT2D eigenvalue weighted by molar-refractivity contribution is 5.81. The van der Waals surface area contributed by atoms with E-state index in [9.17, 15) is 18.4 Å². The molecule has 0 radical (unpaired) electrons. The van der Waals surface area contributed by atoms with Gasteiger partial charge >= 0.3 is 6.61 Å². The number of hydrogen-bond donors (Lipinski definition) is 1. The van der Waals surface area contributed by atoms with Gasteiger partial charge in [0.1, 0.15) is 5.75 Å². The number of hydrogen-bond acceptors (Lipinski definition) is 3. The molecule has 1 aliphatic rings. The van der Waals surface area contributed by atoms with Gasteiger partial charge < -0.3 is 15.0 Å². The van der Waals surface area contributed by atoms with Crippen molar-refractivity contribution in [3.8, 4) is 5.75 Å². The number of para-hydroxylation sites is 1. The minimum Gasteiger partial charge on any atom is -0.434 e. The minimum atomic E-state index is -2.91. The van der Waals surface area contributed by atoms with Crippen LogP contribution in [0.15, 0.2) is 24.3 Å². The van der Waals surface area contributed by atoms with E-state index in [1.54, 1.807) is 23.1 Å². The number of piperidine rings is 1. The number of likely N-dealkylation sites (tertiary alicyclic amines) is 1. The van der Waals surface area contributed by atoms with Gasteiger partial charge in [0.05, 0.1) is 5.92 Å². The average molecular weight is 354 g/mol. The zero-order valence-corrected chi connectivity index (χ0v) is 14.3. The summed E-state index contributed by atoms with van der Waals surface area (Å²) in [6, 6.07) is 6.38. The van der Waals surface area contributed by atoms with Gasteiger partial charge in [-0.1, -0.05) is 25.1 Å². The van der Waals surface area contributed by atoms with E-state index in [1.807, 2.05) is 6.92 Å². The zero-order valence-electron chi connectivity index (χ0n) is 14.3. The summed E-state index contributed by atoms with van der Waals surface area (Å²) in [6.45, 7) is 0.257. The van der Waals surface area contributed by atoms with Crippen molar-refractivity contribution in [3.63, 3.8) is 0 Å². The van der Waals surface area contributed by atoms with Crippen molar-refractivity contribution >= 4 is 11.8 Å². The van der Waals surface area contributed by atoms with Gasteiger partial charge in [-0.3, -0.25) is 9.59 Å². The van der Waals surface area contributed by atoms with Crippen LogP contribution in [-0.4, -0.2) is 36.4 Å². The summed E-state index contributed by atoms with van der Waals surface area (Å²) >= 11 is 0. The van der Waals surface area contributed by atoms with E-state index in [0.717, 1.165) is 19.3 Å². The molecule has 0 aliphatic carbocycles. The quantitative estimate of drug-likeness (QED) is 0.819. The topological polar surface area (TPSA) is 58.6 Å². The molecule has 1 heterocycles. The van der Waals surface area contributed by atoms with Crippen molar-refractivity contribution < 1.29 is 23.1 Å². The average Bonchev–Trinajstić information content (AvgIpc) is 2.60. The maximum Gasteiger partial charge on any atom is 0.387 e. The highest BCUT2D eigenvalue weighted by atomic mass is 19.3. The SMILES string of the molecule is CCCC(=O)N1CCCC(C(=O)NCc2ccccc2OC(F)F)C1. The fourth-order valence-electron chi connectivity index (χ4n) is 2.98. The summed E-state index contributed by atoms with van der Waals surface area (Å²) in [7, 11) is 0. The van der Waals surface area contributed by atoms with Crippen LogP contribution >= 0.6 is 0 Å². The Kier molecular flexibility index (Phi) is 7.16. The van der Waals surface area contributed by atoms with Gasteiger partial charge in [0.15, 0.2) is 0 Å². The number of benzene rings is 1. The summed E-state index contributed by atoms with van der Waals surface area (Å²) in [5, 5.41) is 2.77. The summed E-state index contributed by atoms with van der Waals surface area (Å²) in [4.78, 5) is 26.1. The number of nitrogens with one attached hydrogen (secondary N) is 1. The van der Waals surface area contributed by atoms with Crippen LogP contribution in [-0.2, 0) is 16.1 Å². The molecule has 7 heteroatoms. The second-order valence-electron chi connectivity index (χ2n) is 6.13. The highest BCUT2D eigenvalue weighted by Gasteiger charge is 2.28. The number of nitrogens with zero attached hydrogens (tertiary/aromatic N) is 1. The van der Waals surface area contributed by atoms with Gasteiger partial charge in [0, 0.05) is 31.6 Å². The molecule has 0 aromatic heterocycles. The van der Waals surface area contributed by atoms with Crippen molar-refractivity contribution in [1.82, 2.24) is 10.2 Å². The lowest BCUT2D eigenvalue weighted by atomic mass is 9.96. The number of carbonyl (C=O) groups is 2. The molecular weight excluding hydrogens is 330 g/mol. The number of carbonyl (C=O) groups excluding carboxylic acids is 2. The fourth-order valence-corrected chi connectivity index (χ4v) is 2.98. The number of alkyl halides is 2. The molecule has 138 valence electrons. The zero-order chi connectivity index (χ0) is 18.2. The molecule has 25 heavy (non-hydrogen) atoms. The smallest absolute Gasteiger partial charge is 0.387 e. The maximum atomic E-state index is 12.4. The molecule has 1 atom stereocenters. The Bertz CT molecular complexity index is 595. The molecule has 1 aliphatic heterocycles. The number of halogens is 2. The normalized spacial score (nSPS) is 17.4. The number of amides is 2. The molecule has 5 nitrogen and oxygen atoms in total. The first kappa shape index (κ1) is 19.1. The Morgan fingerprint density at radius 1 is 1.36 bits per heavy atom. The largest absolute Gasteiger partial charge is 0.434 e. The second kappa shape index (κ2) is 9.34. The Labute approximate surface area is 146 Å². The fraction of sp³-hybridized carbons (Fsp3) is 0.556. The Morgan fingerprint density at radius 3 is 2.84 bits per heavy atom. The molecule has 2 rings (SSSR count). The number of rotatable bonds is 7. The van der Waals surface area contributed by atoms with Gasteiger partial charge in [-0.2, -0.15) is 8.78 Å². The van der Waals surface area contributed by atoms with Gasteiger partial charge in [0.2, 0.25) is 11.8 Å². The predicted molar refractivity (Wildman–Crippen MR) is 89.1 cm³/mol. The lowest BCUT2D eigenvalue weighted by molar-refractivity contribution is -0.135. The Morgan fingerprint density at radius 2 is 2.12 bits per heavy atom. The molecule has 1 N–H and O–H groups in total. The van der Waals surface area contributed by atoms with Gasteiger partial charge in [-0.05, 0) is 25.3 Å². The van der Waals surface area contributed by atoms with Crippen LogP contribution in [0.5, 0.6) is 5.75 Å². The van der Waals surface area contributed by atoms with Crippen LogP contribution in [0.3, 0.4) is 0 Å². The van der Waals surface area contributed by atoms with Crippen LogP contribution in [0.4, 0.5) is 8.78 Å². The van der Waals surface area contributed by atoms with Gasteiger partial charge in [0.25, 0.3) is 0 Å². The third-order valence-electron chi connectivity index (χ3n) is 4.25. The number of ether oxygens (including phenoxy) is 1. The molecule has 0 saturated carbocycles. The van der Waals surface area contributed by atoms with Crippen molar-refractivity contribution in [2.75, 3.05) is 13.1 Å². The van der Waals surface area contributed by atoms with E-state index in [-0.39, 0.29) is 30.0 Å². The standard InChI is InChI=1S/C18H24F2N2O3/c1-2-6-16(23)22-10-5-8-14(12-22)17(24)21-11-13-7-3-4-9-15(13)25-18(19)20/h3-4,7,9,14,18H,2,5-6,8,10-12H2,1H3,(H,21,24). The third kappa shape index (κ3) is 5.69. The second-order valence-corrected chi connectivity index (χ2v) is 6.13. The molecule has 0 spiro atoms. The van der Waals surface area contributed by atoms with Crippen LogP contribution in [0, 0.1) is 5.92 Å². The summed E-state index contributed by atoms with van der Waals surface area (Å²) in [6.07, 6.45) is 2.79. The van der Waals surface area contributed by atoms with Crippen LogP contribution in [0.25, 0.3) is 0 Å². The molecule has 1 aromatic carbocycles. The van der Waals surface area contributed by atoms with Crippen LogP contribution < -0.4 is 10.1 Å². The molecule has 2 amide bonds. The monoisotopic (exact) mass is 354 g/mol. The molecule has 1 saturated heterocycles. The minimum absolute atomic E-state index is 0.0567. The maximum absolute atomic E-state index is 12.4. The first-order chi connectivity index (χ1) is 12.0. The van der Waals surface area contributed by atoms with E-state index < -0.39 is 6.61 Å². The van der Waals surface area contributed by atoms with E-state index in [0.29, 0.717) is 25.1 Å². The van der Waals surface area contributed by atoms with Gasteiger partial charge in [-0.15, -0.1) is 0 Å². The lowest BCUT2D eigenvalue weighted by Crippen LogP contribution is -2.45. The lowest BCUT2D eigenvalue weighted by Gasteiger charge is -2.32. The summed E-state index contributed by atoms with van der Waals surface area (Å²) in [5.74, 6) is -0.296. The summed E-state index contributed by atoms with van der Waals surface area (Å²) in [5.41, 5.74) is 0.492. The van der Waals surface area contributed by atoms with E-state index in [2.05, 4.69) is 10.1 Å². The van der Waals surface area contributed by atoms with Gasteiger partial charge in [-0.25, -0.2) is 0 Å². The first-order valence-electron chi connectivity index (χ1n) is 8.59. The Balaban J connectivity index is 1.91. The van der Waals surface area contributed by atoms with E-state index in [1.165, 1.54) is 6.07 Å². The van der Waals surface area contributed by atoms with Crippen molar-refractivity contribution in [1.29, 1.82) is 0 Å². The van der Waals surface area contributed by atoms with Crippen molar-refractivity contribution in [2.45, 2.75) is 45.8 Å². The van der Waals surface area contributed by atoms with Crippen LogP contribution in [0.2, 0.25) is 0 Å². The van der Waals surface area contributed by atoms with Crippen molar-refractivity contribution in [3.05, 3.63) is 29.8 Å². The molecular formula is C18H24F2N2O3. The molecule has 1 aromatic rings. The Hall–Kier alpha value is -2.18.